The van der Waals surface area contributed by atoms with Gasteiger partial charge in [0.05, 0.1) is 11.4 Å². The Bertz CT molecular complexity index is 991. The molecule has 160 valence electrons. The van der Waals surface area contributed by atoms with Crippen LogP contribution in [0.15, 0.2) is 24.3 Å². The van der Waals surface area contributed by atoms with Crippen LogP contribution in [0.1, 0.15) is 30.4 Å². The number of carbonyl (C=O) groups is 1. The van der Waals surface area contributed by atoms with E-state index in [2.05, 4.69) is 5.32 Å². The van der Waals surface area contributed by atoms with Crippen molar-refractivity contribution in [2.24, 2.45) is 0 Å². The van der Waals surface area contributed by atoms with Crippen molar-refractivity contribution in [2.45, 2.75) is 38.2 Å². The second-order valence-corrected chi connectivity index (χ2v) is 8.44. The molecule has 2 aromatic rings. The van der Waals surface area contributed by atoms with Crippen LogP contribution in [0.5, 0.6) is 5.75 Å². The summed E-state index contributed by atoms with van der Waals surface area (Å²) in [6.45, 7) is 2.58. The molecule has 0 aromatic heterocycles. The van der Waals surface area contributed by atoms with Crippen LogP contribution in [-0.2, 0) is 11.2 Å². The molecular weight excluding hydrogens is 414 g/mol. The smallest absolute Gasteiger partial charge is 0.224 e. The monoisotopic (exact) mass is 436 g/mol. The van der Waals surface area contributed by atoms with Crippen molar-refractivity contribution in [1.29, 1.82) is 0 Å². The van der Waals surface area contributed by atoms with E-state index in [4.69, 9.17) is 16.3 Å². The molecule has 2 aromatic carbocycles. The first-order valence-electron chi connectivity index (χ1n) is 9.93. The van der Waals surface area contributed by atoms with Gasteiger partial charge in [-0.15, -0.1) is 0 Å². The highest BCUT2D eigenvalue weighted by Crippen LogP contribution is 2.37. The number of aryl methyl sites for hydroxylation is 1. The van der Waals surface area contributed by atoms with E-state index >= 15 is 0 Å². The fourth-order valence-corrected chi connectivity index (χ4v) is 4.16. The molecule has 4 rings (SSSR count). The van der Waals surface area contributed by atoms with Gasteiger partial charge in [-0.3, -0.25) is 4.79 Å². The van der Waals surface area contributed by atoms with Crippen LogP contribution in [-0.4, -0.2) is 36.3 Å². The van der Waals surface area contributed by atoms with Gasteiger partial charge in [-0.2, -0.15) is 0 Å². The summed E-state index contributed by atoms with van der Waals surface area (Å²) < 4.78 is 34.5. The number of hydrogen-bond donors (Lipinski definition) is 2. The molecule has 2 N–H and O–H groups in total. The second kappa shape index (κ2) is 8.04. The molecule has 5 nitrogen and oxygen atoms in total. The Labute approximate surface area is 178 Å². The van der Waals surface area contributed by atoms with Crippen LogP contribution in [0.3, 0.4) is 0 Å². The van der Waals surface area contributed by atoms with Gasteiger partial charge in [0.2, 0.25) is 5.91 Å². The Morgan fingerprint density at radius 2 is 1.97 bits per heavy atom. The summed E-state index contributed by atoms with van der Waals surface area (Å²) in [5.41, 5.74) is 0.530. The number of anilines is 2. The lowest BCUT2D eigenvalue weighted by atomic mass is 9.91. The summed E-state index contributed by atoms with van der Waals surface area (Å²) in [6.07, 6.45) is 1.44. The van der Waals surface area contributed by atoms with E-state index in [-0.39, 0.29) is 30.4 Å². The number of hydrogen-bond acceptors (Lipinski definition) is 4. The van der Waals surface area contributed by atoms with Gasteiger partial charge in [0.15, 0.2) is 0 Å². The van der Waals surface area contributed by atoms with Gasteiger partial charge in [0.1, 0.15) is 29.6 Å². The van der Waals surface area contributed by atoms with Gasteiger partial charge in [0.25, 0.3) is 0 Å². The summed E-state index contributed by atoms with van der Waals surface area (Å²) in [7, 11) is 0. The number of nitrogens with one attached hydrogen (secondary N) is 1. The lowest BCUT2D eigenvalue weighted by molar-refractivity contribution is -0.116. The molecule has 0 spiro atoms. The standard InChI is InChI=1S/C22H23ClF2N2O3/c1-13-10-18(15-3-5-19(28)26-21(15)20(13)25)30-12-22(29)6-8-27(9-7-22)17-4-2-14(23)11-16(17)24/h2,4,10-11,29H,3,5-9,12H2,1H3,(H,26,28). The minimum atomic E-state index is -1.08. The zero-order valence-electron chi connectivity index (χ0n) is 16.6. The quantitative estimate of drug-likeness (QED) is 0.753. The maximum Gasteiger partial charge on any atom is 0.224 e. The molecule has 0 atom stereocenters. The maximum absolute atomic E-state index is 14.4. The Morgan fingerprint density at radius 1 is 1.23 bits per heavy atom. The Balaban J connectivity index is 1.44. The molecule has 1 amide bonds. The highest BCUT2D eigenvalue weighted by Gasteiger charge is 2.34. The van der Waals surface area contributed by atoms with E-state index < -0.39 is 11.4 Å². The van der Waals surface area contributed by atoms with E-state index in [1.165, 1.54) is 6.07 Å². The molecule has 0 unspecified atom stereocenters. The van der Waals surface area contributed by atoms with Crippen LogP contribution in [0.25, 0.3) is 0 Å². The number of benzene rings is 2. The fraction of sp³-hybridized carbons (Fsp3) is 0.409. The lowest BCUT2D eigenvalue weighted by Crippen LogP contribution is -2.48. The maximum atomic E-state index is 14.4. The zero-order valence-corrected chi connectivity index (χ0v) is 17.4. The first-order valence-corrected chi connectivity index (χ1v) is 10.3. The summed E-state index contributed by atoms with van der Waals surface area (Å²) in [5.74, 6) is -0.594. The highest BCUT2D eigenvalue weighted by molar-refractivity contribution is 6.30. The van der Waals surface area contributed by atoms with Gasteiger partial charge in [-0.25, -0.2) is 8.78 Å². The van der Waals surface area contributed by atoms with E-state index in [1.54, 1.807) is 25.1 Å². The molecule has 1 saturated heterocycles. The number of carbonyl (C=O) groups excluding carboxylic acids is 1. The normalized spacial score (nSPS) is 18.0. The van der Waals surface area contributed by atoms with Crippen molar-refractivity contribution in [3.8, 4) is 5.75 Å². The number of fused-ring (bicyclic) bond motifs is 1. The lowest BCUT2D eigenvalue weighted by Gasteiger charge is -2.39. The third-order valence-corrected chi connectivity index (χ3v) is 6.06. The number of ether oxygens (including phenoxy) is 1. The first-order chi connectivity index (χ1) is 14.3. The third kappa shape index (κ3) is 4.09. The van der Waals surface area contributed by atoms with E-state index in [0.29, 0.717) is 59.9 Å². The van der Waals surface area contributed by atoms with Crippen molar-refractivity contribution in [2.75, 3.05) is 29.9 Å². The SMILES string of the molecule is Cc1cc(OCC2(O)CCN(c3ccc(Cl)cc3F)CC2)c2c(c1F)NC(=O)CC2. The van der Waals surface area contributed by atoms with Crippen LogP contribution in [0, 0.1) is 18.6 Å². The topological polar surface area (TPSA) is 61.8 Å². The van der Waals surface area contributed by atoms with Crippen LogP contribution < -0.4 is 15.0 Å². The van der Waals surface area contributed by atoms with Crippen molar-refractivity contribution in [3.63, 3.8) is 0 Å². The zero-order chi connectivity index (χ0) is 21.5. The number of aliphatic hydroxyl groups is 1. The van der Waals surface area contributed by atoms with Crippen molar-refractivity contribution < 1.29 is 23.4 Å². The van der Waals surface area contributed by atoms with Gasteiger partial charge in [0, 0.05) is 30.1 Å². The molecule has 0 bridgehead atoms. The Kier molecular flexibility index (Phi) is 5.59. The number of rotatable bonds is 4. The van der Waals surface area contributed by atoms with Crippen molar-refractivity contribution in [3.05, 3.63) is 52.0 Å². The highest BCUT2D eigenvalue weighted by atomic mass is 35.5. The molecule has 2 heterocycles. The van der Waals surface area contributed by atoms with Crippen LogP contribution in [0.2, 0.25) is 5.02 Å². The minimum Gasteiger partial charge on any atom is -0.490 e. The van der Waals surface area contributed by atoms with Crippen molar-refractivity contribution in [1.82, 2.24) is 0 Å². The molecule has 0 aliphatic carbocycles. The van der Waals surface area contributed by atoms with Gasteiger partial charge in [-0.05, 0) is 56.0 Å². The van der Waals surface area contributed by atoms with Gasteiger partial charge < -0.3 is 20.1 Å². The summed E-state index contributed by atoms with van der Waals surface area (Å²) >= 11 is 5.82. The van der Waals surface area contributed by atoms with E-state index in [9.17, 15) is 18.7 Å². The van der Waals surface area contributed by atoms with Gasteiger partial charge in [-0.1, -0.05) is 11.6 Å². The fourth-order valence-electron chi connectivity index (χ4n) is 4.01. The van der Waals surface area contributed by atoms with Crippen LogP contribution >= 0.6 is 11.6 Å². The third-order valence-electron chi connectivity index (χ3n) is 5.82. The Morgan fingerprint density at radius 3 is 2.67 bits per heavy atom. The predicted molar refractivity (Wildman–Crippen MR) is 111 cm³/mol. The number of halogens is 3. The number of amides is 1. The van der Waals surface area contributed by atoms with E-state index in [1.807, 2.05) is 4.90 Å². The molecular formula is C22H23ClF2N2O3. The Hall–Kier alpha value is -2.38. The molecule has 30 heavy (non-hydrogen) atoms. The summed E-state index contributed by atoms with van der Waals surface area (Å²) in [5, 5.41) is 13.9. The van der Waals surface area contributed by atoms with Gasteiger partial charge >= 0.3 is 0 Å². The summed E-state index contributed by atoms with van der Waals surface area (Å²) in [4.78, 5) is 13.5. The van der Waals surface area contributed by atoms with Crippen molar-refractivity contribution >= 4 is 28.9 Å². The molecule has 1 fully saturated rings. The minimum absolute atomic E-state index is 0.0371. The summed E-state index contributed by atoms with van der Waals surface area (Å²) in [6, 6.07) is 6.16. The number of piperidine rings is 1. The average Bonchev–Trinajstić information content (AvgIpc) is 2.71. The predicted octanol–water partition coefficient (Wildman–Crippen LogP) is 4.22. The largest absolute Gasteiger partial charge is 0.490 e. The second-order valence-electron chi connectivity index (χ2n) is 8.00. The molecule has 2 aliphatic heterocycles. The molecule has 8 heteroatoms. The molecule has 2 aliphatic rings. The average molecular weight is 437 g/mol. The molecule has 0 saturated carbocycles. The molecule has 0 radical (unpaired) electrons. The van der Waals surface area contributed by atoms with E-state index in [0.717, 1.165) is 0 Å². The number of nitrogens with zero attached hydrogens (tertiary/aromatic N) is 1. The van der Waals surface area contributed by atoms with Crippen LogP contribution in [0.4, 0.5) is 20.2 Å². The first kappa shape index (κ1) is 20.9.